The van der Waals surface area contributed by atoms with Gasteiger partial charge in [-0.05, 0) is 85.5 Å². The highest BCUT2D eigenvalue weighted by Crippen LogP contribution is 2.37. The molecule has 0 aliphatic rings. The molecule has 3 aromatic heterocycles. The Morgan fingerprint density at radius 1 is 0.704 bits per heavy atom. The van der Waals surface area contributed by atoms with E-state index in [2.05, 4.69) is 114 Å². The van der Waals surface area contributed by atoms with Crippen LogP contribution in [0.4, 0.5) is 26.5 Å². The van der Waals surface area contributed by atoms with Crippen molar-refractivity contribution in [3.8, 4) is 5.75 Å². The molecule has 0 saturated heterocycles. The van der Waals surface area contributed by atoms with Crippen molar-refractivity contribution >= 4 is 41.6 Å². The average molecular weight is 801 g/mol. The van der Waals surface area contributed by atoms with Gasteiger partial charge in [0.2, 0.25) is 0 Å². The molecule has 0 aliphatic heterocycles. The number of hydrogen-bond donors (Lipinski definition) is 2. The Morgan fingerprint density at radius 2 is 1.02 bits per heavy atom. The molecule has 2 N–H and O–H groups in total. The zero-order valence-electron chi connectivity index (χ0n) is 37.2. The molecule has 0 bridgehead atoms. The molecule has 0 saturated carbocycles. The topological polar surface area (TPSA) is 107 Å². The van der Waals surface area contributed by atoms with Crippen LogP contribution in [0.5, 0.6) is 5.75 Å². The fourth-order valence-corrected chi connectivity index (χ4v) is 5.85. The largest absolute Gasteiger partial charge is 0.506 e. The molecule has 0 amide bonds. The van der Waals surface area contributed by atoms with Gasteiger partial charge in [-0.25, -0.2) is 15.0 Å². The van der Waals surface area contributed by atoms with E-state index in [4.69, 9.17) is 15.3 Å². The second-order valence-corrected chi connectivity index (χ2v) is 25.8. The SMILES string of the molecule is CN(CCO[Si](C)(C)C(C)(C)C)c1ccc(O)cn1.Cc1ccc(N(C)CCO)nc1.Cc1ccc(N(C)CCO[Si](C)(C)C(C)(C)C)nc1.F.[3HH].[3H]B(C)F. The fourth-order valence-electron chi connectivity index (χ4n) is 3.78. The Hall–Kier alpha value is -3.11. The first-order valence-corrected chi connectivity index (χ1v) is 24.1. The molecule has 3 aromatic rings. The fraction of sp³-hybridized carbons (Fsp3) is 0.615. The molecule has 0 aromatic carbocycles. The molecule has 3 heterocycles. The lowest BCUT2D eigenvalue weighted by atomic mass is 10.2. The van der Waals surface area contributed by atoms with E-state index in [1.54, 1.807) is 6.07 Å². The number of rotatable bonds is 13. The first-order chi connectivity index (χ1) is 24.7. The molecule has 3 rings (SSSR count). The Kier molecular flexibility index (Phi) is 23.7. The molecular formula is C39H75BF2N6O4Si2. The summed E-state index contributed by atoms with van der Waals surface area (Å²) in [5, 5.41) is 18.4. The molecule has 0 atom stereocenters. The number of aliphatic hydroxyl groups is 1. The average Bonchev–Trinajstić information content (AvgIpc) is 3.05. The van der Waals surface area contributed by atoms with E-state index in [-0.39, 0.29) is 28.6 Å². The maximum atomic E-state index is 10.7. The van der Waals surface area contributed by atoms with Gasteiger partial charge in [-0.1, -0.05) is 60.5 Å². The minimum Gasteiger partial charge on any atom is -0.506 e. The van der Waals surface area contributed by atoms with Crippen molar-refractivity contribution in [3.05, 3.63) is 66.1 Å². The summed E-state index contributed by atoms with van der Waals surface area (Å²) in [5.41, 5.74) is 2.34. The number of aromatic nitrogens is 3. The summed E-state index contributed by atoms with van der Waals surface area (Å²) >= 11 is 0. The normalized spacial score (nSPS) is 11.6. The van der Waals surface area contributed by atoms with Gasteiger partial charge in [-0.2, -0.15) is 0 Å². The van der Waals surface area contributed by atoms with Crippen LogP contribution in [0.2, 0.25) is 43.1 Å². The Labute approximate surface area is 332 Å². The number of likely N-dealkylation sites (N-methyl/N-ethyl adjacent to an activating group) is 3. The first kappa shape index (κ1) is 50.9. The summed E-state index contributed by atoms with van der Waals surface area (Å²) < 4.78 is 28.9. The zero-order chi connectivity index (χ0) is 41.9. The molecule has 0 spiro atoms. The summed E-state index contributed by atoms with van der Waals surface area (Å²) in [6.07, 6.45) is 5.18. The van der Waals surface area contributed by atoms with Gasteiger partial charge in [0.25, 0.3) is 0 Å². The highest BCUT2D eigenvalue weighted by atomic mass is 28.4. The van der Waals surface area contributed by atoms with Crippen LogP contribution >= 0.6 is 0 Å². The van der Waals surface area contributed by atoms with Crippen molar-refractivity contribution in [3.63, 3.8) is 0 Å². The predicted octanol–water partition coefficient (Wildman–Crippen LogP) is 8.67. The number of hydrogen-bond acceptors (Lipinski definition) is 10. The standard InChI is InChI=1S/C15H28N2OSi.C14H26N2O2Si.C9H14N2O.CH4BF.FH.H2/c1-13-8-9-14(16-12-13)17(5)10-11-18-19(6,7)15(2,3)4;1-14(2,3)19(5,6)18-10-9-16(4)13-8-7-12(17)11-15-13;1-8-3-4-9(10-7-8)11(2)5-6-12;1-2-3;;/h8-9,12H,10-11H2,1-7H3;7-8,11,17H,9-10H2,1-6H3;3-4,7,12H,5-6H2,1-2H3;2H,1H3;2*1H/i;;;2T;;1+2. The van der Waals surface area contributed by atoms with Gasteiger partial charge in [0.05, 0.1) is 26.0 Å². The van der Waals surface area contributed by atoms with Gasteiger partial charge in [0.15, 0.2) is 16.6 Å². The quantitative estimate of drug-likeness (QED) is 0.163. The molecular weight excluding hydrogens is 721 g/mol. The predicted molar refractivity (Wildman–Crippen MR) is 236 cm³/mol. The van der Waals surface area contributed by atoms with Crippen molar-refractivity contribution < 1.29 is 29.5 Å². The highest BCUT2D eigenvalue weighted by molar-refractivity contribution is 6.74. The molecule has 0 unspecified atom stereocenters. The molecule has 54 heavy (non-hydrogen) atoms. The van der Waals surface area contributed by atoms with Crippen LogP contribution in [0.1, 0.15) is 54.1 Å². The molecule has 0 radical (unpaired) electrons. The number of pyridine rings is 3. The molecule has 310 valence electrons. The van der Waals surface area contributed by atoms with E-state index in [1.807, 2.05) is 61.4 Å². The van der Waals surface area contributed by atoms with E-state index in [9.17, 15) is 9.42 Å². The van der Waals surface area contributed by atoms with Crippen LogP contribution in [0, 0.1) is 13.8 Å². The monoisotopic (exact) mass is 801 g/mol. The van der Waals surface area contributed by atoms with Crippen LogP contribution < -0.4 is 14.7 Å². The lowest BCUT2D eigenvalue weighted by Crippen LogP contribution is -2.42. The number of aryl methyl sites for hydroxylation is 2. The molecule has 15 heteroatoms. The van der Waals surface area contributed by atoms with Crippen molar-refractivity contribution in [2.75, 3.05) is 75.3 Å². The van der Waals surface area contributed by atoms with Crippen LogP contribution in [0.15, 0.2) is 55.0 Å². The molecule has 10 nitrogen and oxygen atoms in total. The van der Waals surface area contributed by atoms with Crippen LogP contribution in [0.3, 0.4) is 0 Å². The summed E-state index contributed by atoms with van der Waals surface area (Å²) in [4.78, 5) is 18.9. The second kappa shape index (κ2) is 25.1. The van der Waals surface area contributed by atoms with Gasteiger partial charge in [0.1, 0.15) is 23.2 Å². The maximum Gasteiger partial charge on any atom is 0.328 e. The highest BCUT2D eigenvalue weighted by Gasteiger charge is 2.37. The van der Waals surface area contributed by atoms with Gasteiger partial charge in [-0.3, -0.25) is 4.70 Å². The Balaban J connectivity index is -0.000000719. The number of anilines is 3. The van der Waals surface area contributed by atoms with Crippen molar-refractivity contribution in [2.24, 2.45) is 0 Å². The van der Waals surface area contributed by atoms with Gasteiger partial charge in [-0.15, -0.1) is 0 Å². The summed E-state index contributed by atoms with van der Waals surface area (Å²) in [6.45, 7) is 31.8. The summed E-state index contributed by atoms with van der Waals surface area (Å²) in [6, 6.07) is 11.6. The van der Waals surface area contributed by atoms with Gasteiger partial charge >= 0.3 is 7.52 Å². The lowest BCUT2D eigenvalue weighted by Gasteiger charge is -2.36. The third-order valence-electron chi connectivity index (χ3n) is 9.52. The minimum atomic E-state index is -1.67. The number of aliphatic hydroxyl groups excluding tert-OH is 1. The third-order valence-corrected chi connectivity index (χ3v) is 18.6. The minimum absolute atomic E-state index is 0. The van der Waals surface area contributed by atoms with Crippen molar-refractivity contribution in [2.45, 2.75) is 98.5 Å². The maximum absolute atomic E-state index is 10.7. The van der Waals surface area contributed by atoms with E-state index in [0.29, 0.717) is 13.2 Å². The van der Waals surface area contributed by atoms with Gasteiger partial charge < -0.3 is 38.1 Å². The number of aromatic hydroxyl groups is 1. The Bertz CT molecular complexity index is 1360. The van der Waals surface area contributed by atoms with Crippen LogP contribution in [-0.4, -0.2) is 111 Å². The second-order valence-electron chi connectivity index (χ2n) is 16.2. The van der Waals surface area contributed by atoms with E-state index >= 15 is 0 Å². The zero-order valence-corrected chi connectivity index (χ0v) is 38.2. The van der Waals surface area contributed by atoms with Crippen molar-refractivity contribution in [1.29, 1.82) is 1.34 Å². The van der Waals surface area contributed by atoms with E-state index < -0.39 is 24.2 Å². The smallest absolute Gasteiger partial charge is 0.328 e. The third kappa shape index (κ3) is 20.5. The summed E-state index contributed by atoms with van der Waals surface area (Å²) in [5.74, 6) is 2.94. The Morgan fingerprint density at radius 3 is 1.28 bits per heavy atom. The number of nitrogens with zero attached hydrogens (tertiary/aromatic N) is 6. The molecule has 0 fully saturated rings. The number of halogens is 2. The van der Waals surface area contributed by atoms with Crippen LogP contribution in [-0.2, 0) is 8.85 Å². The molecule has 0 aliphatic carbocycles. The summed E-state index contributed by atoms with van der Waals surface area (Å²) in [7, 11) is 1.24. The lowest BCUT2D eigenvalue weighted by molar-refractivity contribution is 0.295. The van der Waals surface area contributed by atoms with Crippen LogP contribution in [0.25, 0.3) is 0 Å². The van der Waals surface area contributed by atoms with Crippen molar-refractivity contribution in [1.82, 2.24) is 15.0 Å². The van der Waals surface area contributed by atoms with Gasteiger partial charge in [0, 0.05) is 55.9 Å². The van der Waals surface area contributed by atoms with E-state index in [0.717, 1.165) is 42.7 Å². The first-order valence-electron chi connectivity index (χ1n) is 18.9. The van der Waals surface area contributed by atoms with E-state index in [1.165, 1.54) is 18.6 Å².